The number of hydrogen-bond donors (Lipinski definition) is 4. The van der Waals surface area contributed by atoms with Crippen LogP contribution in [0.1, 0.15) is 10.4 Å². The largest absolute Gasteiger partial charge is 0.507 e. The normalized spacial score (nSPS) is 10.8. The third kappa shape index (κ3) is 3.98. The number of hydrogen-bond acceptors (Lipinski definition) is 5. The quantitative estimate of drug-likeness (QED) is 0.670. The molecule has 0 heterocycles. The van der Waals surface area contributed by atoms with Crippen molar-refractivity contribution in [2.45, 2.75) is 4.90 Å². The van der Waals surface area contributed by atoms with Crippen LogP contribution in [0, 0.1) is 0 Å². The molecule has 0 spiro atoms. The second-order valence-electron chi connectivity index (χ2n) is 4.41. The molecular weight excluding hydrogens is 324 g/mol. The Bertz CT molecular complexity index is 849. The average Bonchev–Trinajstić information content (AvgIpc) is 2.47. The predicted octanol–water partition coefficient (Wildman–Crippen LogP) is 1.60. The Balaban J connectivity index is 2.11. The summed E-state index contributed by atoms with van der Waals surface area (Å²) < 4.78 is 25.7. The Kier molecular flexibility index (Phi) is 4.51. The van der Waals surface area contributed by atoms with Crippen molar-refractivity contribution in [1.29, 1.82) is 0 Å². The highest BCUT2D eigenvalue weighted by Gasteiger charge is 2.17. The van der Waals surface area contributed by atoms with E-state index in [0.717, 1.165) is 12.1 Å². The Labute approximate surface area is 131 Å². The number of aromatic hydroxyl groups is 1. The summed E-state index contributed by atoms with van der Waals surface area (Å²) in [5.41, 5.74) is -0.305. The van der Waals surface area contributed by atoms with Crippen LogP contribution in [0.25, 0.3) is 0 Å². The first kappa shape index (κ1) is 16.3. The third-order valence-corrected chi connectivity index (χ3v) is 4.11. The molecule has 0 aliphatic heterocycles. The molecule has 0 aliphatic carbocycles. The number of anilines is 1. The van der Waals surface area contributed by atoms with Crippen molar-refractivity contribution < 1.29 is 28.2 Å². The van der Waals surface area contributed by atoms with Crippen molar-refractivity contribution in [3.05, 3.63) is 54.1 Å². The molecule has 0 saturated heterocycles. The van der Waals surface area contributed by atoms with Crippen molar-refractivity contribution in [3.63, 3.8) is 0 Å². The number of nitrogens with one attached hydrogen (secondary N) is 2. The predicted molar refractivity (Wildman–Crippen MR) is 80.8 cm³/mol. The van der Waals surface area contributed by atoms with Gasteiger partial charge in [-0.15, -0.1) is 0 Å². The molecule has 120 valence electrons. The zero-order valence-electron chi connectivity index (χ0n) is 11.6. The molecule has 4 N–H and O–H groups in total. The van der Waals surface area contributed by atoms with Gasteiger partial charge in [0.25, 0.3) is 10.0 Å². The standard InChI is InChI=1S/C14H12N2O6S/c17-12-8-9(6-7-11(12)13(18)19)15-14(20)16-23(21,22)10-4-2-1-3-5-10/h1-8,17H,(H,18,19)(H2,15,16,20). The fourth-order valence-corrected chi connectivity index (χ4v) is 2.66. The van der Waals surface area contributed by atoms with E-state index in [-0.39, 0.29) is 16.1 Å². The summed E-state index contributed by atoms with van der Waals surface area (Å²) in [5, 5.41) is 20.5. The minimum Gasteiger partial charge on any atom is -0.507 e. The summed E-state index contributed by atoms with van der Waals surface area (Å²) in [6, 6.07) is 9.55. The highest BCUT2D eigenvalue weighted by atomic mass is 32.2. The van der Waals surface area contributed by atoms with Crippen LogP contribution in [-0.2, 0) is 10.0 Å². The highest BCUT2D eigenvalue weighted by Crippen LogP contribution is 2.22. The number of aromatic carboxylic acids is 1. The molecular formula is C14H12N2O6S. The Hall–Kier alpha value is -3.07. The van der Waals surface area contributed by atoms with E-state index in [2.05, 4.69) is 5.32 Å². The van der Waals surface area contributed by atoms with E-state index < -0.39 is 27.8 Å². The maximum Gasteiger partial charge on any atom is 0.339 e. The molecule has 23 heavy (non-hydrogen) atoms. The monoisotopic (exact) mass is 336 g/mol. The molecule has 0 bridgehead atoms. The molecule has 0 atom stereocenters. The van der Waals surface area contributed by atoms with Crippen molar-refractivity contribution in [2.24, 2.45) is 0 Å². The molecule has 0 aromatic heterocycles. The SMILES string of the molecule is O=C(Nc1ccc(C(=O)O)c(O)c1)NS(=O)(=O)c1ccccc1. The molecule has 0 fully saturated rings. The number of rotatable bonds is 4. The molecule has 2 aromatic rings. The number of phenols is 1. The lowest BCUT2D eigenvalue weighted by Gasteiger charge is -2.09. The maximum absolute atomic E-state index is 11.9. The van der Waals surface area contributed by atoms with Crippen molar-refractivity contribution >= 4 is 27.7 Å². The van der Waals surface area contributed by atoms with Gasteiger partial charge in [-0.3, -0.25) is 0 Å². The third-order valence-electron chi connectivity index (χ3n) is 2.77. The summed E-state index contributed by atoms with van der Waals surface area (Å²) in [7, 11) is -4.03. The summed E-state index contributed by atoms with van der Waals surface area (Å²) in [5.74, 6) is -1.88. The number of benzene rings is 2. The summed E-state index contributed by atoms with van der Waals surface area (Å²) in [6.07, 6.45) is 0. The van der Waals surface area contributed by atoms with Crippen molar-refractivity contribution in [3.8, 4) is 5.75 Å². The molecule has 0 unspecified atom stereocenters. The van der Waals surface area contributed by atoms with Gasteiger partial charge in [0.2, 0.25) is 0 Å². The van der Waals surface area contributed by atoms with Gasteiger partial charge in [0.15, 0.2) is 0 Å². The lowest BCUT2D eigenvalue weighted by Crippen LogP contribution is -2.34. The van der Waals surface area contributed by atoms with Gasteiger partial charge in [0.05, 0.1) is 4.90 Å². The number of sulfonamides is 1. The second-order valence-corrected chi connectivity index (χ2v) is 6.09. The molecule has 8 nitrogen and oxygen atoms in total. The smallest absolute Gasteiger partial charge is 0.339 e. The number of carbonyl (C=O) groups is 2. The lowest BCUT2D eigenvalue weighted by atomic mass is 10.2. The van der Waals surface area contributed by atoms with Crippen LogP contribution in [0.4, 0.5) is 10.5 Å². The lowest BCUT2D eigenvalue weighted by molar-refractivity contribution is 0.0693. The Morgan fingerprint density at radius 1 is 1.00 bits per heavy atom. The number of carboxylic acid groups (broad SMARTS) is 1. The van der Waals surface area contributed by atoms with E-state index >= 15 is 0 Å². The first-order valence-corrected chi connectivity index (χ1v) is 7.73. The van der Waals surface area contributed by atoms with Crippen molar-refractivity contribution in [2.75, 3.05) is 5.32 Å². The summed E-state index contributed by atoms with van der Waals surface area (Å²) in [6.45, 7) is 0. The van der Waals surface area contributed by atoms with Crippen LogP contribution in [0.15, 0.2) is 53.4 Å². The van der Waals surface area contributed by atoms with Crippen molar-refractivity contribution in [1.82, 2.24) is 4.72 Å². The van der Waals surface area contributed by atoms with Crippen LogP contribution in [0.2, 0.25) is 0 Å². The molecule has 0 radical (unpaired) electrons. The first-order chi connectivity index (χ1) is 10.8. The minimum absolute atomic E-state index is 0.0354. The van der Waals surface area contributed by atoms with E-state index in [1.807, 2.05) is 0 Å². The fourth-order valence-electron chi connectivity index (χ4n) is 1.73. The molecule has 2 rings (SSSR count). The molecule has 0 aliphatic rings. The van der Waals surface area contributed by atoms with Gasteiger partial charge in [0, 0.05) is 11.8 Å². The van der Waals surface area contributed by atoms with E-state index in [9.17, 15) is 23.1 Å². The van der Waals surface area contributed by atoms with Crippen LogP contribution >= 0.6 is 0 Å². The highest BCUT2D eigenvalue weighted by molar-refractivity contribution is 7.90. The number of urea groups is 1. The van der Waals surface area contributed by atoms with Crippen LogP contribution in [0.3, 0.4) is 0 Å². The summed E-state index contributed by atoms with van der Waals surface area (Å²) in [4.78, 5) is 22.4. The Morgan fingerprint density at radius 3 is 2.22 bits per heavy atom. The fraction of sp³-hybridized carbons (Fsp3) is 0. The topological polar surface area (TPSA) is 133 Å². The van der Waals surface area contributed by atoms with Gasteiger partial charge in [-0.1, -0.05) is 18.2 Å². The second kappa shape index (κ2) is 6.36. The first-order valence-electron chi connectivity index (χ1n) is 6.25. The van der Waals surface area contributed by atoms with Crippen LogP contribution < -0.4 is 10.0 Å². The van der Waals surface area contributed by atoms with E-state index in [1.54, 1.807) is 10.8 Å². The average molecular weight is 336 g/mol. The van der Waals surface area contributed by atoms with E-state index in [0.29, 0.717) is 0 Å². The summed E-state index contributed by atoms with van der Waals surface area (Å²) >= 11 is 0. The maximum atomic E-state index is 11.9. The van der Waals surface area contributed by atoms with Gasteiger partial charge < -0.3 is 15.5 Å². The van der Waals surface area contributed by atoms with E-state index in [4.69, 9.17) is 5.11 Å². The Morgan fingerprint density at radius 2 is 1.65 bits per heavy atom. The molecule has 0 saturated carbocycles. The van der Waals surface area contributed by atoms with Gasteiger partial charge >= 0.3 is 12.0 Å². The zero-order chi connectivity index (χ0) is 17.0. The zero-order valence-corrected chi connectivity index (χ0v) is 12.4. The number of carbonyl (C=O) groups excluding carboxylic acids is 1. The van der Waals surface area contributed by atoms with Gasteiger partial charge in [-0.2, -0.15) is 0 Å². The van der Waals surface area contributed by atoms with Crippen LogP contribution in [0.5, 0.6) is 5.75 Å². The van der Waals surface area contributed by atoms with Crippen LogP contribution in [-0.4, -0.2) is 30.6 Å². The van der Waals surface area contributed by atoms with Gasteiger partial charge in [-0.25, -0.2) is 22.7 Å². The minimum atomic E-state index is -4.03. The van der Waals surface area contributed by atoms with Gasteiger partial charge in [-0.05, 0) is 24.3 Å². The van der Waals surface area contributed by atoms with Gasteiger partial charge in [0.1, 0.15) is 11.3 Å². The molecule has 2 aromatic carbocycles. The van der Waals surface area contributed by atoms with E-state index in [1.165, 1.54) is 30.3 Å². The number of amides is 2. The number of carboxylic acids is 1. The molecule has 9 heteroatoms. The molecule has 2 amide bonds.